The maximum Gasteiger partial charge on any atom is 0.340 e. The molecule has 25 heavy (non-hydrogen) atoms. The lowest BCUT2D eigenvalue weighted by atomic mass is 9.74. The Kier molecular flexibility index (Phi) is 4.53. The first-order valence-corrected chi connectivity index (χ1v) is 8.43. The van der Waals surface area contributed by atoms with E-state index in [-0.39, 0.29) is 23.9 Å². The summed E-state index contributed by atoms with van der Waals surface area (Å²) in [6.07, 6.45) is 1.84. The zero-order valence-corrected chi connectivity index (χ0v) is 13.7. The number of aliphatic imine (C=N–C) groups is 1. The lowest BCUT2D eigenvalue weighted by Crippen LogP contribution is -2.42. The van der Waals surface area contributed by atoms with Crippen LogP contribution in [0.3, 0.4) is 0 Å². The number of alkyl halides is 2. The van der Waals surface area contributed by atoms with Crippen LogP contribution in [0.25, 0.3) is 0 Å². The molecule has 1 aromatic rings. The van der Waals surface area contributed by atoms with Crippen LogP contribution >= 0.6 is 0 Å². The second-order valence-electron chi connectivity index (χ2n) is 7.11. The van der Waals surface area contributed by atoms with Crippen LogP contribution < -0.4 is 5.73 Å². The van der Waals surface area contributed by atoms with Gasteiger partial charge >= 0.3 is 5.97 Å². The average molecular weight is 352 g/mol. The lowest BCUT2D eigenvalue weighted by Gasteiger charge is -2.35. The number of rotatable bonds is 5. The average Bonchev–Trinajstić information content (AvgIpc) is 2.90. The molecular formula is C18H22F2N2O3. The van der Waals surface area contributed by atoms with Gasteiger partial charge in [-0.1, -0.05) is 24.3 Å². The highest BCUT2D eigenvalue weighted by molar-refractivity contribution is 5.79. The fraction of sp³-hybridized carbons (Fsp3) is 0.556. The van der Waals surface area contributed by atoms with Crippen molar-refractivity contribution in [1.82, 2.24) is 0 Å². The van der Waals surface area contributed by atoms with Crippen LogP contribution in [0.5, 0.6) is 0 Å². The number of benzene rings is 1. The van der Waals surface area contributed by atoms with Crippen LogP contribution in [-0.4, -0.2) is 34.5 Å². The van der Waals surface area contributed by atoms with Crippen molar-refractivity contribution in [1.29, 1.82) is 0 Å². The van der Waals surface area contributed by atoms with Crippen LogP contribution in [0.15, 0.2) is 29.3 Å². The number of aliphatic carboxylic acids is 1. The largest absolute Gasteiger partial charge is 0.479 e. The Morgan fingerprint density at radius 1 is 1.40 bits per heavy atom. The molecule has 0 bridgehead atoms. The van der Waals surface area contributed by atoms with Crippen LogP contribution in [0.1, 0.15) is 49.1 Å². The first kappa shape index (κ1) is 17.8. The van der Waals surface area contributed by atoms with Crippen molar-refractivity contribution >= 4 is 12.3 Å². The minimum atomic E-state index is -2.92. The van der Waals surface area contributed by atoms with Crippen LogP contribution in [0.4, 0.5) is 8.78 Å². The number of carboxylic acids is 1. The number of carboxylic acid groups (broad SMARTS) is 1. The summed E-state index contributed by atoms with van der Waals surface area (Å²) in [6.45, 7) is 0. The summed E-state index contributed by atoms with van der Waals surface area (Å²) in [4.78, 5) is 15.9. The van der Waals surface area contributed by atoms with Crippen molar-refractivity contribution in [2.24, 2.45) is 16.6 Å². The van der Waals surface area contributed by atoms with Crippen molar-refractivity contribution in [2.45, 2.75) is 55.6 Å². The molecule has 0 aliphatic heterocycles. The molecule has 0 saturated heterocycles. The molecule has 7 heteroatoms. The van der Waals surface area contributed by atoms with Crippen LogP contribution in [0, 0.1) is 5.92 Å². The Hall–Kier alpha value is -2.02. The van der Waals surface area contributed by atoms with Crippen molar-refractivity contribution < 1.29 is 23.8 Å². The SMILES string of the molecule is NC=NC1CC(c2cccc(C(O)(C(=O)O)[C@@H]3CCC(F)(F)C3)c2)C1. The van der Waals surface area contributed by atoms with Gasteiger partial charge in [-0.25, -0.2) is 13.6 Å². The Labute approximate surface area is 144 Å². The highest BCUT2D eigenvalue weighted by atomic mass is 19.3. The number of halogens is 2. The predicted octanol–water partition coefficient (Wildman–Crippen LogP) is 2.63. The molecule has 1 unspecified atom stereocenters. The van der Waals surface area contributed by atoms with E-state index in [9.17, 15) is 23.8 Å². The van der Waals surface area contributed by atoms with Crippen molar-refractivity contribution in [3.8, 4) is 0 Å². The summed E-state index contributed by atoms with van der Waals surface area (Å²) in [5.41, 5.74) is 4.05. The third-order valence-electron chi connectivity index (χ3n) is 5.53. The molecular weight excluding hydrogens is 330 g/mol. The molecule has 2 aliphatic rings. The highest BCUT2D eigenvalue weighted by Gasteiger charge is 2.53. The number of carbonyl (C=O) groups is 1. The molecule has 2 saturated carbocycles. The Balaban J connectivity index is 1.86. The van der Waals surface area contributed by atoms with Gasteiger partial charge in [0, 0.05) is 18.8 Å². The Morgan fingerprint density at radius 2 is 2.12 bits per heavy atom. The van der Waals surface area contributed by atoms with E-state index in [2.05, 4.69) is 4.99 Å². The molecule has 0 amide bonds. The number of nitrogens with zero attached hydrogens (tertiary/aromatic N) is 1. The van der Waals surface area contributed by atoms with E-state index >= 15 is 0 Å². The number of hydrogen-bond donors (Lipinski definition) is 3. The van der Waals surface area contributed by atoms with E-state index in [1.807, 2.05) is 6.07 Å². The molecule has 0 aromatic heterocycles. The predicted molar refractivity (Wildman–Crippen MR) is 88.7 cm³/mol. The summed E-state index contributed by atoms with van der Waals surface area (Å²) in [6, 6.07) is 6.83. The summed E-state index contributed by atoms with van der Waals surface area (Å²) < 4.78 is 27.1. The molecule has 5 nitrogen and oxygen atoms in total. The molecule has 4 N–H and O–H groups in total. The molecule has 3 rings (SSSR count). The molecule has 2 aliphatic carbocycles. The van der Waals surface area contributed by atoms with Gasteiger partial charge in [0.1, 0.15) is 0 Å². The molecule has 0 radical (unpaired) electrons. The second-order valence-corrected chi connectivity index (χ2v) is 7.11. The zero-order valence-electron chi connectivity index (χ0n) is 13.7. The normalized spacial score (nSPS) is 30.8. The summed E-state index contributed by atoms with van der Waals surface area (Å²) >= 11 is 0. The third kappa shape index (κ3) is 3.25. The molecule has 1 aromatic carbocycles. The van der Waals surface area contributed by atoms with E-state index in [1.54, 1.807) is 12.1 Å². The van der Waals surface area contributed by atoms with E-state index in [0.717, 1.165) is 18.4 Å². The van der Waals surface area contributed by atoms with Crippen LogP contribution in [-0.2, 0) is 10.4 Å². The van der Waals surface area contributed by atoms with Crippen molar-refractivity contribution in [3.63, 3.8) is 0 Å². The fourth-order valence-corrected chi connectivity index (χ4v) is 3.97. The Morgan fingerprint density at radius 3 is 2.68 bits per heavy atom. The number of aliphatic hydroxyl groups is 1. The summed E-state index contributed by atoms with van der Waals surface area (Å²) in [5, 5.41) is 20.5. The van der Waals surface area contributed by atoms with Gasteiger partial charge in [-0.2, -0.15) is 0 Å². The molecule has 0 heterocycles. The minimum Gasteiger partial charge on any atom is -0.479 e. The molecule has 136 valence electrons. The lowest BCUT2D eigenvalue weighted by molar-refractivity contribution is -0.167. The molecule has 2 fully saturated rings. The first-order chi connectivity index (χ1) is 11.8. The van der Waals surface area contributed by atoms with Crippen molar-refractivity contribution in [3.05, 3.63) is 35.4 Å². The highest BCUT2D eigenvalue weighted by Crippen LogP contribution is 2.48. The van der Waals surface area contributed by atoms with E-state index in [4.69, 9.17) is 5.73 Å². The van der Waals surface area contributed by atoms with Gasteiger partial charge in [0.15, 0.2) is 5.60 Å². The van der Waals surface area contributed by atoms with E-state index < -0.39 is 36.3 Å². The maximum absolute atomic E-state index is 13.6. The van der Waals surface area contributed by atoms with E-state index in [0.29, 0.717) is 0 Å². The summed E-state index contributed by atoms with van der Waals surface area (Å²) in [7, 11) is 0. The topological polar surface area (TPSA) is 95.9 Å². The maximum atomic E-state index is 13.6. The van der Waals surface area contributed by atoms with Gasteiger partial charge in [-0.3, -0.25) is 4.99 Å². The first-order valence-electron chi connectivity index (χ1n) is 8.43. The van der Waals surface area contributed by atoms with Gasteiger partial charge < -0.3 is 15.9 Å². The monoisotopic (exact) mass is 352 g/mol. The second kappa shape index (κ2) is 6.37. The van der Waals surface area contributed by atoms with Gasteiger partial charge in [0.25, 0.3) is 0 Å². The smallest absolute Gasteiger partial charge is 0.340 e. The summed E-state index contributed by atoms with van der Waals surface area (Å²) in [5.74, 6) is -5.21. The molecule has 2 atom stereocenters. The number of hydrogen-bond acceptors (Lipinski definition) is 3. The third-order valence-corrected chi connectivity index (χ3v) is 5.53. The van der Waals surface area contributed by atoms with Crippen LogP contribution in [0.2, 0.25) is 0 Å². The van der Waals surface area contributed by atoms with E-state index in [1.165, 1.54) is 12.4 Å². The fourth-order valence-electron chi connectivity index (χ4n) is 3.97. The van der Waals surface area contributed by atoms with Gasteiger partial charge in [-0.05, 0) is 36.3 Å². The Bertz CT molecular complexity index is 689. The molecule has 0 spiro atoms. The minimum absolute atomic E-state index is 0.0171. The van der Waals surface area contributed by atoms with Gasteiger partial charge in [0.05, 0.1) is 12.4 Å². The number of nitrogens with two attached hydrogens (primary N) is 1. The quantitative estimate of drug-likeness (QED) is 0.561. The van der Waals surface area contributed by atoms with Crippen molar-refractivity contribution in [2.75, 3.05) is 0 Å². The van der Waals surface area contributed by atoms with Gasteiger partial charge in [-0.15, -0.1) is 0 Å². The zero-order chi connectivity index (χ0) is 18.2. The standard InChI is InChI=1S/C18H22F2N2O3/c19-17(20)5-4-14(9-17)18(25,16(23)24)13-3-1-2-11(6-13)12-7-15(8-12)22-10-21/h1-3,6,10,12,14-15,25H,4-5,7-9H2,(H2,21,22)(H,23,24)/t12?,14-,15?,18?/m1/s1. The van der Waals surface area contributed by atoms with Gasteiger partial charge in [0.2, 0.25) is 5.92 Å².